The Hall–Kier alpha value is -1.81. The number of H-pyrrole nitrogens is 1. The average Bonchev–Trinajstić information content (AvgIpc) is 2.95. The molecule has 0 saturated heterocycles. The number of aromatic amines is 1. The monoisotopic (exact) mass is 355 g/mol. The number of amides is 1. The van der Waals surface area contributed by atoms with E-state index in [0.717, 1.165) is 12.8 Å². The van der Waals surface area contributed by atoms with Crippen molar-refractivity contribution in [2.75, 3.05) is 11.1 Å². The van der Waals surface area contributed by atoms with Crippen LogP contribution in [0.5, 0.6) is 0 Å². The fourth-order valence-corrected chi connectivity index (χ4v) is 4.24. The molecule has 8 nitrogen and oxygen atoms in total. The van der Waals surface area contributed by atoms with Gasteiger partial charge in [0.2, 0.25) is 11.9 Å². The Balaban J connectivity index is 1.73. The lowest BCUT2D eigenvalue weighted by Crippen LogP contribution is -2.46. The molecule has 1 fully saturated rings. The molecule has 0 bridgehead atoms. The first-order valence-electron chi connectivity index (χ1n) is 7.16. The second-order valence-electron chi connectivity index (χ2n) is 6.05. The van der Waals surface area contributed by atoms with Crippen molar-refractivity contribution in [3.05, 3.63) is 11.6 Å². The molecule has 1 aliphatic rings. The number of aromatic nitrogens is 4. The second kappa shape index (κ2) is 5.68. The van der Waals surface area contributed by atoms with Gasteiger partial charge in [0, 0.05) is 11.6 Å². The molecular formula is C13H17N5O3S2. The van der Waals surface area contributed by atoms with Gasteiger partial charge in [-0.25, -0.2) is 13.4 Å². The number of thiazole rings is 1. The summed E-state index contributed by atoms with van der Waals surface area (Å²) in [6.45, 7) is 2.83. The van der Waals surface area contributed by atoms with Gasteiger partial charge in [-0.1, -0.05) is 0 Å². The first-order chi connectivity index (χ1) is 10.8. The van der Waals surface area contributed by atoms with Gasteiger partial charge in [-0.2, -0.15) is 0 Å². The van der Waals surface area contributed by atoms with E-state index in [1.54, 1.807) is 11.6 Å². The Bertz CT molecular complexity index is 807. The van der Waals surface area contributed by atoms with Crippen molar-refractivity contribution in [2.45, 2.75) is 31.4 Å². The van der Waals surface area contributed by atoms with Crippen LogP contribution in [0.15, 0.2) is 11.6 Å². The predicted molar refractivity (Wildman–Crippen MR) is 86.7 cm³/mol. The molecule has 1 aliphatic carbocycles. The molecule has 0 atom stereocenters. The summed E-state index contributed by atoms with van der Waals surface area (Å²) >= 11 is 1.38. The minimum Gasteiger partial charge on any atom is -0.305 e. The van der Waals surface area contributed by atoms with Gasteiger partial charge >= 0.3 is 0 Å². The number of rotatable bonds is 6. The Morgan fingerprint density at radius 1 is 1.43 bits per heavy atom. The van der Waals surface area contributed by atoms with Crippen molar-refractivity contribution in [2.24, 2.45) is 5.92 Å². The van der Waals surface area contributed by atoms with Gasteiger partial charge in [0.1, 0.15) is 4.75 Å². The highest BCUT2D eigenvalue weighted by atomic mass is 32.2. The van der Waals surface area contributed by atoms with Gasteiger partial charge in [-0.15, -0.1) is 21.5 Å². The SMILES string of the molecule is CC(C)(C(=O)Nc1nnc(-c2nccs2)[nH]1)S(=O)(=O)CC1CC1. The van der Waals surface area contributed by atoms with E-state index in [4.69, 9.17) is 0 Å². The molecule has 0 radical (unpaired) electrons. The highest BCUT2D eigenvalue weighted by Gasteiger charge is 2.44. The number of nitrogens with one attached hydrogen (secondary N) is 2. The van der Waals surface area contributed by atoms with Crippen LogP contribution in [0.1, 0.15) is 26.7 Å². The summed E-state index contributed by atoms with van der Waals surface area (Å²) in [5, 5.41) is 12.6. The van der Waals surface area contributed by atoms with E-state index in [2.05, 4.69) is 25.5 Å². The van der Waals surface area contributed by atoms with Crippen LogP contribution in [0, 0.1) is 5.92 Å². The van der Waals surface area contributed by atoms with Crippen LogP contribution in [-0.4, -0.2) is 45.0 Å². The molecule has 2 N–H and O–H groups in total. The lowest BCUT2D eigenvalue weighted by atomic mass is 10.2. The average molecular weight is 355 g/mol. The molecule has 3 rings (SSSR count). The molecule has 2 aromatic rings. The fourth-order valence-electron chi connectivity index (χ4n) is 1.96. The van der Waals surface area contributed by atoms with Crippen LogP contribution in [-0.2, 0) is 14.6 Å². The smallest absolute Gasteiger partial charge is 0.247 e. The number of hydrogen-bond donors (Lipinski definition) is 2. The molecule has 10 heteroatoms. The number of hydrogen-bond acceptors (Lipinski definition) is 7. The summed E-state index contributed by atoms with van der Waals surface area (Å²) in [4.78, 5) is 19.3. The predicted octanol–water partition coefficient (Wildman–Crippen LogP) is 1.47. The number of sulfone groups is 1. The van der Waals surface area contributed by atoms with Crippen molar-refractivity contribution >= 4 is 33.0 Å². The van der Waals surface area contributed by atoms with Crippen LogP contribution in [0.4, 0.5) is 5.95 Å². The fraction of sp³-hybridized carbons (Fsp3) is 0.538. The lowest BCUT2D eigenvalue weighted by molar-refractivity contribution is -0.117. The van der Waals surface area contributed by atoms with Crippen LogP contribution in [0.2, 0.25) is 0 Å². The number of anilines is 1. The maximum atomic E-state index is 12.4. The number of carbonyl (C=O) groups excluding carboxylic acids is 1. The first-order valence-corrected chi connectivity index (χ1v) is 9.69. The summed E-state index contributed by atoms with van der Waals surface area (Å²) in [5.74, 6) is 0.145. The van der Waals surface area contributed by atoms with E-state index in [9.17, 15) is 13.2 Å². The molecule has 0 spiro atoms. The summed E-state index contributed by atoms with van der Waals surface area (Å²) in [6.07, 6.45) is 3.46. The third-order valence-electron chi connectivity index (χ3n) is 3.83. The molecule has 1 amide bonds. The van der Waals surface area contributed by atoms with Crippen molar-refractivity contribution in [3.8, 4) is 10.8 Å². The van der Waals surface area contributed by atoms with E-state index < -0.39 is 20.5 Å². The maximum Gasteiger partial charge on any atom is 0.247 e. The second-order valence-corrected chi connectivity index (χ2v) is 9.53. The van der Waals surface area contributed by atoms with E-state index in [0.29, 0.717) is 10.8 Å². The zero-order chi connectivity index (χ0) is 16.7. The zero-order valence-electron chi connectivity index (χ0n) is 12.7. The summed E-state index contributed by atoms with van der Waals surface area (Å²) < 4.78 is 23.3. The lowest BCUT2D eigenvalue weighted by Gasteiger charge is -2.23. The van der Waals surface area contributed by atoms with E-state index in [1.807, 2.05) is 0 Å². The Morgan fingerprint density at radius 2 is 2.17 bits per heavy atom. The van der Waals surface area contributed by atoms with Crippen LogP contribution in [0.25, 0.3) is 10.8 Å². The highest BCUT2D eigenvalue weighted by Crippen LogP contribution is 2.34. The standard InChI is InChI=1S/C13H17N5O3S2/c1-13(2,23(20,21)7-8-3-4-8)11(19)16-12-15-9(17-18-12)10-14-5-6-22-10/h5-6,8H,3-4,7H2,1-2H3,(H2,15,16,17,18,19). The van der Waals surface area contributed by atoms with Crippen LogP contribution >= 0.6 is 11.3 Å². The van der Waals surface area contributed by atoms with Gasteiger partial charge in [-0.3, -0.25) is 10.1 Å². The number of carbonyl (C=O) groups is 1. The first kappa shape index (κ1) is 16.1. The highest BCUT2D eigenvalue weighted by molar-refractivity contribution is 7.93. The normalized spacial score (nSPS) is 15.6. The maximum absolute atomic E-state index is 12.4. The van der Waals surface area contributed by atoms with Crippen LogP contribution in [0.3, 0.4) is 0 Å². The van der Waals surface area contributed by atoms with Gasteiger partial charge in [0.25, 0.3) is 0 Å². The van der Waals surface area contributed by atoms with Crippen molar-refractivity contribution in [3.63, 3.8) is 0 Å². The third-order valence-corrected chi connectivity index (χ3v) is 7.26. The summed E-state index contributed by atoms with van der Waals surface area (Å²) in [7, 11) is -3.54. The Labute approximate surface area is 137 Å². The van der Waals surface area contributed by atoms with Crippen LogP contribution < -0.4 is 5.32 Å². The summed E-state index contributed by atoms with van der Waals surface area (Å²) in [6, 6.07) is 0. The van der Waals surface area contributed by atoms with Gasteiger partial charge in [-0.05, 0) is 32.6 Å². The van der Waals surface area contributed by atoms with Gasteiger partial charge in [0.05, 0.1) is 5.75 Å². The molecule has 0 unspecified atom stereocenters. The van der Waals surface area contributed by atoms with E-state index in [1.165, 1.54) is 25.2 Å². The summed E-state index contributed by atoms with van der Waals surface area (Å²) in [5.41, 5.74) is 0. The van der Waals surface area contributed by atoms with Crippen molar-refractivity contribution in [1.82, 2.24) is 20.2 Å². The minimum absolute atomic E-state index is 0.0498. The molecule has 0 aliphatic heterocycles. The van der Waals surface area contributed by atoms with Gasteiger partial charge in [0.15, 0.2) is 20.7 Å². The molecule has 2 aromatic heterocycles. The Kier molecular flexibility index (Phi) is 3.96. The van der Waals surface area contributed by atoms with E-state index in [-0.39, 0.29) is 17.6 Å². The minimum atomic E-state index is -3.54. The quantitative estimate of drug-likeness (QED) is 0.810. The molecule has 0 aromatic carbocycles. The van der Waals surface area contributed by atoms with Gasteiger partial charge < -0.3 is 4.98 Å². The molecule has 23 heavy (non-hydrogen) atoms. The molecular weight excluding hydrogens is 338 g/mol. The topological polar surface area (TPSA) is 118 Å². The third kappa shape index (κ3) is 3.27. The molecule has 1 saturated carbocycles. The largest absolute Gasteiger partial charge is 0.305 e. The Morgan fingerprint density at radius 3 is 2.78 bits per heavy atom. The van der Waals surface area contributed by atoms with Crippen molar-refractivity contribution < 1.29 is 13.2 Å². The molecule has 2 heterocycles. The molecule has 124 valence electrons. The van der Waals surface area contributed by atoms with E-state index >= 15 is 0 Å². The zero-order valence-corrected chi connectivity index (χ0v) is 14.4. The number of nitrogens with zero attached hydrogens (tertiary/aromatic N) is 3. The van der Waals surface area contributed by atoms with Crippen molar-refractivity contribution in [1.29, 1.82) is 0 Å².